The molecule has 2 heterocycles. The van der Waals surface area contributed by atoms with E-state index in [-0.39, 0.29) is 18.5 Å². The van der Waals surface area contributed by atoms with Crippen LogP contribution in [0, 0.1) is 0 Å². The number of carbonyl (C=O) groups excluding carboxylic acids is 4. The van der Waals surface area contributed by atoms with Gasteiger partial charge in [0.2, 0.25) is 5.91 Å². The van der Waals surface area contributed by atoms with Crippen molar-refractivity contribution in [3.63, 3.8) is 0 Å². The van der Waals surface area contributed by atoms with Crippen molar-refractivity contribution in [3.8, 4) is 11.5 Å². The summed E-state index contributed by atoms with van der Waals surface area (Å²) in [6, 6.07) is 4.39. The number of hydrogen-bond donors (Lipinski definition) is 0. The zero-order chi connectivity index (χ0) is 21.1. The van der Waals surface area contributed by atoms with Crippen molar-refractivity contribution in [1.82, 2.24) is 14.7 Å². The Morgan fingerprint density at radius 1 is 1.10 bits per heavy atom. The van der Waals surface area contributed by atoms with Gasteiger partial charge in [0, 0.05) is 18.7 Å². The molecule has 0 N–H and O–H groups in total. The third kappa shape index (κ3) is 3.76. The van der Waals surface area contributed by atoms with E-state index in [2.05, 4.69) is 0 Å². The smallest absolute Gasteiger partial charge is 0.334 e. The van der Waals surface area contributed by atoms with E-state index in [1.54, 1.807) is 38.2 Å². The molecule has 29 heavy (non-hydrogen) atoms. The van der Waals surface area contributed by atoms with Gasteiger partial charge in [-0.25, -0.2) is 9.69 Å². The SMILES string of the molecule is CCCN1C(=O)C(=O)N(CC(=O)N2CCC[C@H]2c2cc(OC)ccc2OC)C1=O. The Hall–Kier alpha value is -3.10. The second-order valence-corrected chi connectivity index (χ2v) is 6.98. The van der Waals surface area contributed by atoms with Crippen molar-refractivity contribution < 1.29 is 28.7 Å². The van der Waals surface area contributed by atoms with Crippen molar-refractivity contribution in [2.75, 3.05) is 33.9 Å². The summed E-state index contributed by atoms with van der Waals surface area (Å²) in [7, 11) is 3.12. The molecule has 5 amide bonds. The summed E-state index contributed by atoms with van der Waals surface area (Å²) >= 11 is 0. The molecule has 2 aliphatic heterocycles. The van der Waals surface area contributed by atoms with Crippen molar-refractivity contribution in [3.05, 3.63) is 23.8 Å². The molecule has 2 aliphatic rings. The van der Waals surface area contributed by atoms with E-state index in [4.69, 9.17) is 9.47 Å². The number of nitrogens with zero attached hydrogens (tertiary/aromatic N) is 3. The Bertz CT molecular complexity index is 840. The van der Waals surface area contributed by atoms with Crippen LogP contribution in [0.15, 0.2) is 18.2 Å². The first-order valence-corrected chi connectivity index (χ1v) is 9.61. The Morgan fingerprint density at radius 3 is 2.48 bits per heavy atom. The minimum Gasteiger partial charge on any atom is -0.497 e. The molecule has 9 heteroatoms. The van der Waals surface area contributed by atoms with Gasteiger partial charge in [0.25, 0.3) is 0 Å². The molecule has 0 aliphatic carbocycles. The zero-order valence-corrected chi connectivity index (χ0v) is 16.8. The van der Waals surface area contributed by atoms with E-state index in [9.17, 15) is 19.2 Å². The first-order valence-electron chi connectivity index (χ1n) is 9.61. The molecule has 0 spiro atoms. The molecule has 156 valence electrons. The molecule has 0 saturated carbocycles. The Labute approximate surface area is 169 Å². The number of hydrogen-bond acceptors (Lipinski definition) is 6. The minimum absolute atomic E-state index is 0.154. The second-order valence-electron chi connectivity index (χ2n) is 6.98. The van der Waals surface area contributed by atoms with E-state index in [0.29, 0.717) is 24.5 Å². The highest BCUT2D eigenvalue weighted by molar-refractivity contribution is 6.45. The Kier molecular flexibility index (Phi) is 6.05. The van der Waals surface area contributed by atoms with Crippen LogP contribution in [0.4, 0.5) is 4.79 Å². The molecule has 2 fully saturated rings. The van der Waals surface area contributed by atoms with Gasteiger partial charge in [-0.15, -0.1) is 0 Å². The standard InChI is InChI=1S/C20H25N3O6/c1-4-9-22-18(25)19(26)23(20(22)27)12-17(24)21-10-5-6-15(21)14-11-13(28-2)7-8-16(14)29-3/h7-8,11,15H,4-6,9-10,12H2,1-3H3/t15-/m0/s1. The molecular weight excluding hydrogens is 378 g/mol. The monoisotopic (exact) mass is 403 g/mol. The fourth-order valence-corrected chi connectivity index (χ4v) is 3.83. The lowest BCUT2D eigenvalue weighted by atomic mass is 10.0. The normalized spacial score (nSPS) is 19.3. The minimum atomic E-state index is -0.952. The summed E-state index contributed by atoms with van der Waals surface area (Å²) < 4.78 is 10.7. The summed E-state index contributed by atoms with van der Waals surface area (Å²) in [4.78, 5) is 52.9. The lowest BCUT2D eigenvalue weighted by molar-refractivity contribution is -0.145. The number of amides is 5. The fourth-order valence-electron chi connectivity index (χ4n) is 3.83. The molecule has 1 aromatic carbocycles. The van der Waals surface area contributed by atoms with Crippen molar-refractivity contribution >= 4 is 23.8 Å². The summed E-state index contributed by atoms with van der Waals surface area (Å²) in [5.41, 5.74) is 0.806. The van der Waals surface area contributed by atoms with Crippen LogP contribution in [0.1, 0.15) is 37.8 Å². The largest absolute Gasteiger partial charge is 0.497 e. The van der Waals surface area contributed by atoms with Crippen LogP contribution in [0.2, 0.25) is 0 Å². The van der Waals surface area contributed by atoms with Gasteiger partial charge in [0.05, 0.1) is 20.3 Å². The van der Waals surface area contributed by atoms with E-state index in [1.165, 1.54) is 0 Å². The molecule has 0 aromatic heterocycles. The van der Waals surface area contributed by atoms with E-state index in [0.717, 1.165) is 28.2 Å². The second kappa shape index (κ2) is 8.50. The van der Waals surface area contributed by atoms with Crippen LogP contribution < -0.4 is 9.47 Å². The van der Waals surface area contributed by atoms with E-state index < -0.39 is 24.4 Å². The van der Waals surface area contributed by atoms with Crippen LogP contribution in [0.5, 0.6) is 11.5 Å². The quantitative estimate of drug-likeness (QED) is 0.506. The Morgan fingerprint density at radius 2 is 1.83 bits per heavy atom. The van der Waals surface area contributed by atoms with Gasteiger partial charge in [-0.2, -0.15) is 0 Å². The predicted molar refractivity (Wildman–Crippen MR) is 102 cm³/mol. The van der Waals surface area contributed by atoms with E-state index >= 15 is 0 Å². The third-order valence-electron chi connectivity index (χ3n) is 5.24. The molecule has 0 bridgehead atoms. The van der Waals surface area contributed by atoms with Gasteiger partial charge in [-0.3, -0.25) is 19.3 Å². The molecule has 0 radical (unpaired) electrons. The van der Waals surface area contributed by atoms with Crippen LogP contribution in [-0.2, 0) is 14.4 Å². The lowest BCUT2D eigenvalue weighted by Gasteiger charge is -2.28. The van der Waals surface area contributed by atoms with Crippen molar-refractivity contribution in [1.29, 1.82) is 0 Å². The lowest BCUT2D eigenvalue weighted by Crippen LogP contribution is -2.43. The molecule has 1 atom stereocenters. The molecular formula is C20H25N3O6. The highest BCUT2D eigenvalue weighted by Crippen LogP contribution is 2.39. The maximum absolute atomic E-state index is 13.0. The molecule has 1 aromatic rings. The third-order valence-corrected chi connectivity index (χ3v) is 5.24. The number of likely N-dealkylation sites (tertiary alicyclic amines) is 1. The highest BCUT2D eigenvalue weighted by Gasteiger charge is 2.45. The molecule has 9 nitrogen and oxygen atoms in total. The number of methoxy groups -OCH3 is 2. The first-order chi connectivity index (χ1) is 13.9. The molecule has 3 rings (SSSR count). The van der Waals surface area contributed by atoms with Crippen LogP contribution in [0.25, 0.3) is 0 Å². The van der Waals surface area contributed by atoms with Gasteiger partial charge in [0.15, 0.2) is 0 Å². The van der Waals surface area contributed by atoms with Crippen molar-refractivity contribution in [2.24, 2.45) is 0 Å². The van der Waals surface area contributed by atoms with Crippen LogP contribution >= 0.6 is 0 Å². The average Bonchev–Trinajstić information content (AvgIpc) is 3.29. The first kappa shape index (κ1) is 20.6. The van der Waals surface area contributed by atoms with Crippen LogP contribution in [-0.4, -0.2) is 72.3 Å². The summed E-state index contributed by atoms with van der Waals surface area (Å²) in [5.74, 6) is -0.937. The number of rotatable bonds is 7. The fraction of sp³-hybridized carbons (Fsp3) is 0.500. The number of urea groups is 1. The number of imide groups is 2. The maximum atomic E-state index is 13.0. The molecule has 2 saturated heterocycles. The summed E-state index contributed by atoms with van der Waals surface area (Å²) in [5, 5.41) is 0. The highest BCUT2D eigenvalue weighted by atomic mass is 16.5. The summed E-state index contributed by atoms with van der Waals surface area (Å²) in [6.07, 6.45) is 2.04. The average molecular weight is 403 g/mol. The number of benzene rings is 1. The number of ether oxygens (including phenoxy) is 2. The Balaban J connectivity index is 1.80. The predicted octanol–water partition coefficient (Wildman–Crippen LogP) is 1.57. The maximum Gasteiger partial charge on any atom is 0.334 e. The topological polar surface area (TPSA) is 96.5 Å². The zero-order valence-electron chi connectivity index (χ0n) is 16.8. The van der Waals surface area contributed by atoms with Gasteiger partial charge >= 0.3 is 17.8 Å². The molecule has 0 unspecified atom stereocenters. The summed E-state index contributed by atoms with van der Waals surface area (Å²) in [6.45, 7) is 2.00. The number of carbonyl (C=O) groups is 4. The van der Waals surface area contributed by atoms with Gasteiger partial charge in [0.1, 0.15) is 18.0 Å². The van der Waals surface area contributed by atoms with E-state index in [1.807, 2.05) is 6.07 Å². The van der Waals surface area contributed by atoms with Gasteiger partial charge in [-0.1, -0.05) is 6.92 Å². The van der Waals surface area contributed by atoms with Crippen molar-refractivity contribution in [2.45, 2.75) is 32.2 Å². The van der Waals surface area contributed by atoms with Gasteiger partial charge in [-0.05, 0) is 37.5 Å². The van der Waals surface area contributed by atoms with Crippen LogP contribution in [0.3, 0.4) is 0 Å². The van der Waals surface area contributed by atoms with Gasteiger partial charge < -0.3 is 14.4 Å².